The summed E-state index contributed by atoms with van der Waals surface area (Å²) in [5.41, 5.74) is 8.71. The summed E-state index contributed by atoms with van der Waals surface area (Å²) < 4.78 is 0. The van der Waals surface area contributed by atoms with Crippen LogP contribution in [-0.2, 0) is 11.2 Å². The number of aromatic amines is 1. The van der Waals surface area contributed by atoms with Gasteiger partial charge in [0.25, 0.3) is 5.91 Å². The number of rotatable bonds is 3. The smallest absolute Gasteiger partial charge is 0.263 e. The molecule has 2 heterocycles. The van der Waals surface area contributed by atoms with Crippen LogP contribution >= 0.6 is 0 Å². The maximum absolute atomic E-state index is 12.1. The molecule has 3 aromatic rings. The van der Waals surface area contributed by atoms with Gasteiger partial charge in [-0.3, -0.25) is 20.6 Å². The zero-order chi connectivity index (χ0) is 15.6. The van der Waals surface area contributed by atoms with Gasteiger partial charge in [0.05, 0.1) is 0 Å². The van der Waals surface area contributed by atoms with Gasteiger partial charge in [-0.1, -0.05) is 48.5 Å². The van der Waals surface area contributed by atoms with Gasteiger partial charge in [-0.15, -0.1) is 0 Å². The van der Waals surface area contributed by atoms with Gasteiger partial charge in [0.2, 0.25) is 0 Å². The zero-order valence-corrected chi connectivity index (χ0v) is 12.4. The van der Waals surface area contributed by atoms with Crippen molar-refractivity contribution in [3.05, 3.63) is 71.9 Å². The summed E-state index contributed by atoms with van der Waals surface area (Å²) >= 11 is 0. The van der Waals surface area contributed by atoms with Crippen LogP contribution in [-0.4, -0.2) is 22.8 Å². The molecular formula is C18H16N4O. The average Bonchev–Trinajstić information content (AvgIpc) is 3.01. The van der Waals surface area contributed by atoms with Crippen molar-refractivity contribution in [2.24, 2.45) is 4.99 Å². The first-order valence-corrected chi connectivity index (χ1v) is 7.55. The number of nitrogens with zero attached hydrogens (tertiary/aromatic N) is 1. The minimum atomic E-state index is -0.439. The van der Waals surface area contributed by atoms with Gasteiger partial charge < -0.3 is 4.98 Å². The summed E-state index contributed by atoms with van der Waals surface area (Å²) in [7, 11) is 0. The summed E-state index contributed by atoms with van der Waals surface area (Å²) in [6.07, 6.45) is 2.52. The van der Waals surface area contributed by atoms with Crippen molar-refractivity contribution in [3.8, 4) is 0 Å². The van der Waals surface area contributed by atoms with Crippen LogP contribution in [0, 0.1) is 0 Å². The number of para-hydroxylation sites is 1. The molecule has 0 saturated carbocycles. The normalized spacial score (nSPS) is 17.5. The quantitative estimate of drug-likeness (QED) is 0.694. The van der Waals surface area contributed by atoms with E-state index < -0.39 is 6.04 Å². The van der Waals surface area contributed by atoms with Gasteiger partial charge in [0, 0.05) is 29.1 Å². The highest BCUT2D eigenvalue weighted by atomic mass is 16.2. The van der Waals surface area contributed by atoms with Gasteiger partial charge in [0.1, 0.15) is 11.9 Å². The van der Waals surface area contributed by atoms with E-state index in [-0.39, 0.29) is 5.91 Å². The van der Waals surface area contributed by atoms with Crippen molar-refractivity contribution in [2.45, 2.75) is 12.5 Å². The van der Waals surface area contributed by atoms with Crippen LogP contribution in [0.25, 0.3) is 10.9 Å². The molecule has 5 heteroatoms. The first kappa shape index (κ1) is 13.6. The Balaban J connectivity index is 1.65. The molecule has 1 amide bonds. The Hall–Kier alpha value is -3.08. The van der Waals surface area contributed by atoms with Gasteiger partial charge in [-0.25, -0.2) is 0 Å². The van der Waals surface area contributed by atoms with Crippen molar-refractivity contribution in [3.63, 3.8) is 0 Å². The van der Waals surface area contributed by atoms with Crippen molar-refractivity contribution in [1.82, 2.24) is 15.8 Å². The minimum absolute atomic E-state index is 0.116. The molecule has 2 aromatic carbocycles. The van der Waals surface area contributed by atoms with Crippen molar-refractivity contribution < 1.29 is 4.79 Å². The van der Waals surface area contributed by atoms with Gasteiger partial charge in [-0.2, -0.15) is 0 Å². The average molecular weight is 304 g/mol. The number of carbonyl (C=O) groups is 1. The standard InChI is InChI=1S/C18H16N4O/c23-18-16(10-13-11-19-15-9-5-4-8-14(13)15)20-17(21-22-18)12-6-2-1-3-7-12/h1-9,11,16,19H,10H2,(H,20,21)(H,22,23). The molecule has 114 valence electrons. The van der Waals surface area contributed by atoms with Crippen LogP contribution in [0.4, 0.5) is 0 Å². The highest BCUT2D eigenvalue weighted by Crippen LogP contribution is 2.20. The molecular weight excluding hydrogens is 288 g/mol. The molecule has 0 radical (unpaired) electrons. The van der Waals surface area contributed by atoms with Crippen LogP contribution in [0.15, 0.2) is 65.8 Å². The summed E-state index contributed by atoms with van der Waals surface area (Å²) in [6.45, 7) is 0. The SMILES string of the molecule is O=C1NNC(c2ccccc2)=NC1Cc1c[nH]c2ccccc12. The van der Waals surface area contributed by atoms with Crippen LogP contribution in [0.5, 0.6) is 0 Å². The van der Waals surface area contributed by atoms with E-state index >= 15 is 0 Å². The summed E-state index contributed by atoms with van der Waals surface area (Å²) in [6, 6.07) is 17.4. The molecule has 1 aliphatic heterocycles. The molecule has 0 spiro atoms. The fraction of sp³-hybridized carbons (Fsp3) is 0.111. The Morgan fingerprint density at radius 1 is 0.957 bits per heavy atom. The van der Waals surface area contributed by atoms with Crippen LogP contribution in [0.3, 0.4) is 0 Å². The fourth-order valence-corrected chi connectivity index (χ4v) is 2.84. The molecule has 0 fully saturated rings. The highest BCUT2D eigenvalue weighted by Gasteiger charge is 2.24. The van der Waals surface area contributed by atoms with E-state index in [4.69, 9.17) is 0 Å². The number of aromatic nitrogens is 1. The zero-order valence-electron chi connectivity index (χ0n) is 12.4. The predicted molar refractivity (Wildman–Crippen MR) is 90.0 cm³/mol. The predicted octanol–water partition coefficient (Wildman–Crippen LogP) is 2.16. The van der Waals surface area contributed by atoms with E-state index in [1.807, 2.05) is 54.7 Å². The minimum Gasteiger partial charge on any atom is -0.361 e. The molecule has 23 heavy (non-hydrogen) atoms. The van der Waals surface area contributed by atoms with E-state index in [9.17, 15) is 4.79 Å². The third-order valence-electron chi connectivity index (χ3n) is 4.03. The van der Waals surface area contributed by atoms with E-state index in [0.29, 0.717) is 12.3 Å². The Morgan fingerprint density at radius 2 is 1.74 bits per heavy atom. The number of aliphatic imine (C=N–C) groups is 1. The Kier molecular flexibility index (Phi) is 3.31. The molecule has 4 rings (SSSR count). The summed E-state index contributed by atoms with van der Waals surface area (Å²) in [5, 5.41) is 1.13. The molecule has 5 nitrogen and oxygen atoms in total. The number of fused-ring (bicyclic) bond motifs is 1. The van der Waals surface area contributed by atoms with Crippen LogP contribution in [0.2, 0.25) is 0 Å². The largest absolute Gasteiger partial charge is 0.361 e. The second-order valence-electron chi connectivity index (χ2n) is 5.54. The lowest BCUT2D eigenvalue weighted by Gasteiger charge is -2.22. The van der Waals surface area contributed by atoms with E-state index in [2.05, 4.69) is 26.9 Å². The van der Waals surface area contributed by atoms with E-state index in [1.54, 1.807) is 0 Å². The number of H-pyrrole nitrogens is 1. The number of hydrogen-bond acceptors (Lipinski definition) is 3. The van der Waals surface area contributed by atoms with Gasteiger partial charge in [0.15, 0.2) is 0 Å². The van der Waals surface area contributed by atoms with E-state index in [0.717, 1.165) is 22.0 Å². The molecule has 3 N–H and O–H groups in total. The van der Waals surface area contributed by atoms with Gasteiger partial charge in [-0.05, 0) is 11.6 Å². The first-order chi connectivity index (χ1) is 11.3. The van der Waals surface area contributed by atoms with Crippen molar-refractivity contribution in [2.75, 3.05) is 0 Å². The monoisotopic (exact) mass is 304 g/mol. The first-order valence-electron chi connectivity index (χ1n) is 7.55. The number of amides is 1. The second kappa shape index (κ2) is 5.61. The van der Waals surface area contributed by atoms with Crippen LogP contribution in [0.1, 0.15) is 11.1 Å². The van der Waals surface area contributed by atoms with Crippen molar-refractivity contribution >= 4 is 22.6 Å². The van der Waals surface area contributed by atoms with E-state index in [1.165, 1.54) is 0 Å². The lowest BCUT2D eigenvalue weighted by molar-refractivity contribution is -0.123. The lowest BCUT2D eigenvalue weighted by atomic mass is 10.0. The maximum Gasteiger partial charge on any atom is 0.263 e. The maximum atomic E-state index is 12.1. The third kappa shape index (κ3) is 2.57. The number of hydrogen-bond donors (Lipinski definition) is 3. The third-order valence-corrected chi connectivity index (χ3v) is 4.03. The number of nitrogens with one attached hydrogen (secondary N) is 3. The lowest BCUT2D eigenvalue weighted by Crippen LogP contribution is -2.52. The van der Waals surface area contributed by atoms with Gasteiger partial charge >= 0.3 is 0 Å². The second-order valence-corrected chi connectivity index (χ2v) is 5.54. The molecule has 1 unspecified atom stereocenters. The summed E-state index contributed by atoms with van der Waals surface area (Å²) in [5.74, 6) is 0.574. The molecule has 0 aliphatic carbocycles. The molecule has 0 saturated heterocycles. The number of benzene rings is 2. The Bertz CT molecular complexity index is 882. The topological polar surface area (TPSA) is 69.3 Å². The number of amidine groups is 1. The molecule has 0 bridgehead atoms. The Morgan fingerprint density at radius 3 is 2.61 bits per heavy atom. The summed E-state index contributed by atoms with van der Waals surface area (Å²) in [4.78, 5) is 20.0. The van der Waals surface area contributed by atoms with Crippen molar-refractivity contribution in [1.29, 1.82) is 0 Å². The fourth-order valence-electron chi connectivity index (χ4n) is 2.84. The molecule has 1 aliphatic rings. The highest BCUT2D eigenvalue weighted by molar-refractivity contribution is 6.03. The molecule has 1 aromatic heterocycles. The number of carbonyl (C=O) groups excluding carboxylic acids is 1. The molecule has 1 atom stereocenters. The number of hydrazine groups is 1. The van der Waals surface area contributed by atoms with Crippen LogP contribution < -0.4 is 10.9 Å². The Labute approximate surface area is 133 Å².